The lowest BCUT2D eigenvalue weighted by Gasteiger charge is -2.05. The Kier molecular flexibility index (Phi) is 2.97. The van der Waals surface area contributed by atoms with Gasteiger partial charge in [-0.05, 0) is 17.0 Å². The maximum atomic E-state index is 12.5. The molecule has 0 aromatic heterocycles. The Labute approximate surface area is 108 Å². The molecule has 98 valence electrons. The summed E-state index contributed by atoms with van der Waals surface area (Å²) in [6, 6.07) is 6.73. The van der Waals surface area contributed by atoms with Crippen molar-refractivity contribution in [3.05, 3.63) is 34.9 Å². The zero-order valence-electron chi connectivity index (χ0n) is 9.88. The molecule has 0 radical (unpaired) electrons. The zero-order chi connectivity index (χ0) is 13.7. The van der Waals surface area contributed by atoms with Crippen LogP contribution in [0, 0.1) is 11.3 Å². The molecule has 2 rings (SSSR count). The molecule has 0 N–H and O–H groups in total. The van der Waals surface area contributed by atoms with E-state index >= 15 is 0 Å². The fourth-order valence-electron chi connectivity index (χ4n) is 2.61. The van der Waals surface area contributed by atoms with Crippen molar-refractivity contribution in [2.24, 2.45) is 11.3 Å². The summed E-state index contributed by atoms with van der Waals surface area (Å²) in [6.45, 7) is 3.32. The lowest BCUT2D eigenvalue weighted by atomic mass is 10.0. The third kappa shape index (κ3) is 2.03. The van der Waals surface area contributed by atoms with Gasteiger partial charge in [0.25, 0.3) is 0 Å². The summed E-state index contributed by atoms with van der Waals surface area (Å²) in [5, 5.41) is 0.410. The van der Waals surface area contributed by atoms with E-state index in [9.17, 15) is 18.0 Å². The van der Waals surface area contributed by atoms with Crippen molar-refractivity contribution in [1.29, 1.82) is 0 Å². The Morgan fingerprint density at radius 1 is 1.28 bits per heavy atom. The van der Waals surface area contributed by atoms with E-state index in [2.05, 4.69) is 0 Å². The van der Waals surface area contributed by atoms with E-state index in [1.807, 2.05) is 0 Å². The van der Waals surface area contributed by atoms with E-state index in [1.165, 1.54) is 0 Å². The Balaban J connectivity index is 2.33. The molecule has 1 aliphatic carbocycles. The first-order valence-corrected chi connectivity index (χ1v) is 5.90. The molecule has 0 amide bonds. The van der Waals surface area contributed by atoms with Crippen LogP contribution in [-0.2, 0) is 4.79 Å². The highest BCUT2D eigenvalue weighted by Crippen LogP contribution is 2.66. The molecular formula is C13H12ClF3O. The van der Waals surface area contributed by atoms with Crippen LogP contribution in [0.15, 0.2) is 24.3 Å². The van der Waals surface area contributed by atoms with Crippen LogP contribution >= 0.6 is 11.6 Å². The fourth-order valence-corrected chi connectivity index (χ4v) is 2.86. The average Bonchev–Trinajstić information content (AvgIpc) is 2.79. The molecule has 18 heavy (non-hydrogen) atoms. The normalized spacial score (nSPS) is 25.9. The number of benzene rings is 1. The van der Waals surface area contributed by atoms with Gasteiger partial charge in [-0.1, -0.05) is 43.6 Å². The fraction of sp³-hybridized carbons (Fsp3) is 0.462. The number of hydrogen-bond donors (Lipinski definition) is 0. The Bertz CT molecular complexity index is 493. The highest BCUT2D eigenvalue weighted by atomic mass is 35.5. The number of rotatable bonds is 2. The maximum Gasteiger partial charge on any atom is 0.450 e. The summed E-state index contributed by atoms with van der Waals surface area (Å²) < 4.78 is 37.5. The first kappa shape index (κ1) is 13.4. The number of carbonyl (C=O) groups excluding carboxylic acids is 1. The van der Waals surface area contributed by atoms with Gasteiger partial charge in [-0.3, -0.25) is 4.79 Å². The lowest BCUT2D eigenvalue weighted by molar-refractivity contribution is -0.173. The van der Waals surface area contributed by atoms with Crippen LogP contribution in [0.5, 0.6) is 0 Å². The van der Waals surface area contributed by atoms with E-state index in [0.29, 0.717) is 10.6 Å². The van der Waals surface area contributed by atoms with E-state index in [4.69, 9.17) is 11.6 Å². The average molecular weight is 277 g/mol. The highest BCUT2D eigenvalue weighted by molar-refractivity contribution is 6.31. The molecule has 0 aliphatic heterocycles. The SMILES string of the molecule is CC1(C)C(C(=O)C(F)(F)F)C1c1ccccc1Cl. The second kappa shape index (κ2) is 3.98. The molecule has 0 heterocycles. The second-order valence-corrected chi connectivity index (χ2v) is 5.57. The minimum atomic E-state index is -4.78. The van der Waals surface area contributed by atoms with Gasteiger partial charge in [0.1, 0.15) is 0 Å². The van der Waals surface area contributed by atoms with Crippen LogP contribution in [0.3, 0.4) is 0 Å². The van der Waals surface area contributed by atoms with Gasteiger partial charge in [0, 0.05) is 16.9 Å². The molecule has 2 atom stereocenters. The zero-order valence-corrected chi connectivity index (χ0v) is 10.6. The molecule has 1 saturated carbocycles. The van der Waals surface area contributed by atoms with Gasteiger partial charge in [-0.15, -0.1) is 0 Å². The number of Topliss-reactive ketones (excluding diaryl/α,β-unsaturated/α-hetero) is 1. The molecule has 1 aliphatic rings. The summed E-state index contributed by atoms with van der Waals surface area (Å²) in [5.41, 5.74) is -0.0795. The van der Waals surface area contributed by atoms with Crippen LogP contribution < -0.4 is 0 Å². The van der Waals surface area contributed by atoms with Gasteiger partial charge >= 0.3 is 6.18 Å². The molecule has 0 spiro atoms. The van der Waals surface area contributed by atoms with Crippen molar-refractivity contribution < 1.29 is 18.0 Å². The quantitative estimate of drug-likeness (QED) is 0.791. The van der Waals surface area contributed by atoms with Crippen molar-refractivity contribution in [2.45, 2.75) is 25.9 Å². The van der Waals surface area contributed by atoms with Crippen LogP contribution in [0.2, 0.25) is 5.02 Å². The standard InChI is InChI=1S/C13H12ClF3O/c1-12(2)9(7-5-3-4-6-8(7)14)10(12)11(18)13(15,16)17/h3-6,9-10H,1-2H3. The first-order chi connectivity index (χ1) is 8.17. The van der Waals surface area contributed by atoms with E-state index in [0.717, 1.165) is 0 Å². The van der Waals surface area contributed by atoms with Gasteiger partial charge < -0.3 is 0 Å². The molecule has 1 aromatic rings. The number of hydrogen-bond acceptors (Lipinski definition) is 1. The van der Waals surface area contributed by atoms with Gasteiger partial charge in [-0.2, -0.15) is 13.2 Å². The third-order valence-corrected chi connectivity index (χ3v) is 3.97. The van der Waals surface area contributed by atoms with Gasteiger partial charge in [-0.25, -0.2) is 0 Å². The molecule has 1 aromatic carbocycles. The van der Waals surface area contributed by atoms with Gasteiger partial charge in [0.05, 0.1) is 0 Å². The summed E-state index contributed by atoms with van der Waals surface area (Å²) in [6.07, 6.45) is -4.78. The molecular weight excluding hydrogens is 265 g/mol. The maximum absolute atomic E-state index is 12.5. The number of halogens is 4. The highest BCUT2D eigenvalue weighted by Gasteiger charge is 2.67. The second-order valence-electron chi connectivity index (χ2n) is 5.16. The third-order valence-electron chi connectivity index (χ3n) is 3.63. The minimum absolute atomic E-state index is 0.410. The molecule has 0 saturated heterocycles. The predicted octanol–water partition coefficient (Wildman–Crippen LogP) is 4.21. The summed E-state index contributed by atoms with van der Waals surface area (Å²) in [5.74, 6) is -3.14. The summed E-state index contributed by atoms with van der Waals surface area (Å²) in [7, 11) is 0. The van der Waals surface area contributed by atoms with Crippen LogP contribution in [-0.4, -0.2) is 12.0 Å². The largest absolute Gasteiger partial charge is 0.450 e. The van der Waals surface area contributed by atoms with Crippen molar-refractivity contribution in [1.82, 2.24) is 0 Å². The Morgan fingerprint density at radius 2 is 1.83 bits per heavy atom. The van der Waals surface area contributed by atoms with Crippen molar-refractivity contribution in [3.8, 4) is 0 Å². The van der Waals surface area contributed by atoms with E-state index < -0.39 is 29.2 Å². The van der Waals surface area contributed by atoms with Crippen LogP contribution in [0.1, 0.15) is 25.3 Å². The Morgan fingerprint density at radius 3 is 2.33 bits per heavy atom. The Hall–Kier alpha value is -1.03. The van der Waals surface area contributed by atoms with Gasteiger partial charge in [0.15, 0.2) is 0 Å². The number of ketones is 1. The summed E-state index contributed by atoms with van der Waals surface area (Å²) in [4.78, 5) is 11.4. The lowest BCUT2D eigenvalue weighted by Crippen LogP contribution is -2.26. The van der Waals surface area contributed by atoms with Crippen molar-refractivity contribution >= 4 is 17.4 Å². The molecule has 1 nitrogen and oxygen atoms in total. The van der Waals surface area contributed by atoms with Crippen LogP contribution in [0.4, 0.5) is 13.2 Å². The number of alkyl halides is 3. The number of carbonyl (C=O) groups is 1. The smallest absolute Gasteiger partial charge is 0.289 e. The van der Waals surface area contributed by atoms with Gasteiger partial charge in [0.2, 0.25) is 5.78 Å². The molecule has 2 unspecified atom stereocenters. The minimum Gasteiger partial charge on any atom is -0.289 e. The van der Waals surface area contributed by atoms with Crippen molar-refractivity contribution in [2.75, 3.05) is 0 Å². The van der Waals surface area contributed by atoms with E-state index in [1.54, 1.807) is 38.1 Å². The summed E-state index contributed by atoms with van der Waals surface area (Å²) >= 11 is 5.98. The topological polar surface area (TPSA) is 17.1 Å². The van der Waals surface area contributed by atoms with E-state index in [-0.39, 0.29) is 0 Å². The molecule has 0 bridgehead atoms. The predicted molar refractivity (Wildman–Crippen MR) is 62.5 cm³/mol. The van der Waals surface area contributed by atoms with Crippen LogP contribution in [0.25, 0.3) is 0 Å². The van der Waals surface area contributed by atoms with Crippen molar-refractivity contribution in [3.63, 3.8) is 0 Å². The monoisotopic (exact) mass is 276 g/mol. The first-order valence-electron chi connectivity index (χ1n) is 5.53. The molecule has 1 fully saturated rings. The molecule has 5 heteroatoms.